The summed E-state index contributed by atoms with van der Waals surface area (Å²) in [5, 5.41) is 10.9. The molecule has 1 amide bonds. The first-order valence-electron chi connectivity index (χ1n) is 5.13. The smallest absolute Gasteiger partial charge is 0.281 e. The number of hydroxylamine groups is 1. The van der Waals surface area contributed by atoms with Gasteiger partial charge in [-0.25, -0.2) is 0 Å². The molecular weight excluding hydrogens is 273 g/mol. The summed E-state index contributed by atoms with van der Waals surface area (Å²) in [6, 6.07) is 13.0. The van der Waals surface area contributed by atoms with Crippen molar-refractivity contribution in [3.8, 4) is 0 Å². The standard InChI is InChI=1S/C13H9Cl2NO2/c14-10-6-2-1-5-9(10)13(17)16(18)12-8-4-3-7-11(12)15/h1-8,18H. The average Bonchev–Trinajstić information content (AvgIpc) is 2.38. The summed E-state index contributed by atoms with van der Waals surface area (Å²) < 4.78 is 0. The predicted octanol–water partition coefficient (Wildman–Crippen LogP) is 4.03. The summed E-state index contributed by atoms with van der Waals surface area (Å²) in [5.41, 5.74) is 0.422. The third-order valence-electron chi connectivity index (χ3n) is 2.38. The minimum Gasteiger partial charge on any atom is -0.281 e. The molecule has 0 spiro atoms. The Morgan fingerprint density at radius 1 is 0.944 bits per heavy atom. The Bertz CT molecular complexity index is 587. The van der Waals surface area contributed by atoms with E-state index in [0.717, 1.165) is 0 Å². The van der Waals surface area contributed by atoms with Crippen LogP contribution in [0.1, 0.15) is 10.4 Å². The Labute approximate surface area is 114 Å². The van der Waals surface area contributed by atoms with Gasteiger partial charge in [-0.2, -0.15) is 5.06 Å². The Kier molecular flexibility index (Phi) is 3.87. The van der Waals surface area contributed by atoms with Gasteiger partial charge < -0.3 is 0 Å². The van der Waals surface area contributed by atoms with Crippen molar-refractivity contribution >= 4 is 34.8 Å². The van der Waals surface area contributed by atoms with Gasteiger partial charge in [0.25, 0.3) is 5.91 Å². The van der Waals surface area contributed by atoms with Crippen LogP contribution in [0, 0.1) is 0 Å². The number of rotatable bonds is 2. The van der Waals surface area contributed by atoms with Gasteiger partial charge in [0.15, 0.2) is 0 Å². The highest BCUT2D eigenvalue weighted by Crippen LogP contribution is 2.26. The van der Waals surface area contributed by atoms with E-state index in [1.165, 1.54) is 12.1 Å². The number of carbonyl (C=O) groups excluding carboxylic acids is 1. The van der Waals surface area contributed by atoms with Gasteiger partial charge in [-0.3, -0.25) is 10.0 Å². The molecule has 2 rings (SSSR count). The molecule has 2 aromatic rings. The lowest BCUT2D eigenvalue weighted by Gasteiger charge is -2.16. The van der Waals surface area contributed by atoms with Crippen LogP contribution in [0.5, 0.6) is 0 Å². The van der Waals surface area contributed by atoms with Crippen molar-refractivity contribution in [2.45, 2.75) is 0 Å². The Morgan fingerprint density at radius 2 is 1.50 bits per heavy atom. The van der Waals surface area contributed by atoms with Crippen LogP contribution in [0.3, 0.4) is 0 Å². The number of carbonyl (C=O) groups is 1. The zero-order valence-corrected chi connectivity index (χ0v) is 10.7. The molecule has 0 radical (unpaired) electrons. The van der Waals surface area contributed by atoms with E-state index < -0.39 is 5.91 Å². The first-order valence-corrected chi connectivity index (χ1v) is 5.89. The fourth-order valence-corrected chi connectivity index (χ4v) is 1.91. The molecular formula is C13H9Cl2NO2. The Hall–Kier alpha value is -1.55. The van der Waals surface area contributed by atoms with Gasteiger partial charge in [-0.05, 0) is 24.3 Å². The molecule has 5 heteroatoms. The van der Waals surface area contributed by atoms with Gasteiger partial charge in [0.05, 0.1) is 21.3 Å². The topological polar surface area (TPSA) is 40.5 Å². The summed E-state index contributed by atoms with van der Waals surface area (Å²) in [5.74, 6) is -0.631. The van der Waals surface area contributed by atoms with Crippen LogP contribution >= 0.6 is 23.2 Å². The van der Waals surface area contributed by atoms with Gasteiger partial charge in [-0.1, -0.05) is 47.5 Å². The molecule has 1 N–H and O–H groups in total. The van der Waals surface area contributed by atoms with Crippen LogP contribution in [-0.4, -0.2) is 11.1 Å². The highest BCUT2D eigenvalue weighted by Gasteiger charge is 2.19. The Morgan fingerprint density at radius 3 is 2.11 bits per heavy atom. The third kappa shape index (κ3) is 2.48. The lowest BCUT2D eigenvalue weighted by molar-refractivity contribution is 0.0855. The molecule has 0 aliphatic rings. The molecule has 92 valence electrons. The van der Waals surface area contributed by atoms with Crippen molar-refractivity contribution in [2.24, 2.45) is 0 Å². The first kappa shape index (κ1) is 12.9. The van der Waals surface area contributed by atoms with Crippen molar-refractivity contribution < 1.29 is 10.0 Å². The van der Waals surface area contributed by atoms with Crippen molar-refractivity contribution in [3.63, 3.8) is 0 Å². The fourth-order valence-electron chi connectivity index (χ4n) is 1.48. The molecule has 0 saturated carbocycles. The number of halogens is 2. The maximum atomic E-state index is 12.1. The highest BCUT2D eigenvalue weighted by atomic mass is 35.5. The van der Waals surface area contributed by atoms with Gasteiger partial charge in [-0.15, -0.1) is 0 Å². The number of benzene rings is 2. The number of nitrogens with zero attached hydrogens (tertiary/aromatic N) is 1. The van der Waals surface area contributed by atoms with Crippen LogP contribution in [0.25, 0.3) is 0 Å². The molecule has 0 heterocycles. The fraction of sp³-hybridized carbons (Fsp3) is 0. The van der Waals surface area contributed by atoms with Crippen molar-refractivity contribution in [1.29, 1.82) is 0 Å². The number of hydrogen-bond acceptors (Lipinski definition) is 2. The second-order valence-electron chi connectivity index (χ2n) is 3.55. The van der Waals surface area contributed by atoms with Crippen LogP contribution in [-0.2, 0) is 0 Å². The lowest BCUT2D eigenvalue weighted by Crippen LogP contribution is -2.27. The van der Waals surface area contributed by atoms with Gasteiger partial charge >= 0.3 is 0 Å². The summed E-state index contributed by atoms with van der Waals surface area (Å²) in [4.78, 5) is 12.1. The molecule has 18 heavy (non-hydrogen) atoms. The average molecular weight is 282 g/mol. The quantitative estimate of drug-likeness (QED) is 0.667. The maximum Gasteiger partial charge on any atom is 0.283 e. The number of para-hydroxylation sites is 1. The van der Waals surface area contributed by atoms with E-state index >= 15 is 0 Å². The monoisotopic (exact) mass is 281 g/mol. The summed E-state index contributed by atoms with van der Waals surface area (Å²) >= 11 is 11.8. The summed E-state index contributed by atoms with van der Waals surface area (Å²) in [6.45, 7) is 0. The lowest BCUT2D eigenvalue weighted by atomic mass is 10.2. The summed E-state index contributed by atoms with van der Waals surface area (Å²) in [7, 11) is 0. The zero-order chi connectivity index (χ0) is 13.1. The highest BCUT2D eigenvalue weighted by molar-refractivity contribution is 6.35. The van der Waals surface area contributed by atoms with E-state index in [0.29, 0.717) is 5.06 Å². The first-order chi connectivity index (χ1) is 8.61. The van der Waals surface area contributed by atoms with Crippen LogP contribution in [0.2, 0.25) is 10.0 Å². The molecule has 0 aliphatic heterocycles. The van der Waals surface area contributed by atoms with E-state index in [4.69, 9.17) is 23.2 Å². The van der Waals surface area contributed by atoms with Gasteiger partial charge in [0.1, 0.15) is 0 Å². The third-order valence-corrected chi connectivity index (χ3v) is 3.03. The van der Waals surface area contributed by atoms with Crippen molar-refractivity contribution in [2.75, 3.05) is 5.06 Å². The van der Waals surface area contributed by atoms with Crippen LogP contribution in [0.4, 0.5) is 5.69 Å². The minimum atomic E-state index is -0.631. The predicted molar refractivity (Wildman–Crippen MR) is 71.5 cm³/mol. The number of hydrogen-bond donors (Lipinski definition) is 1. The molecule has 0 aliphatic carbocycles. The molecule has 0 atom stereocenters. The molecule has 0 fully saturated rings. The van der Waals surface area contributed by atoms with Crippen molar-refractivity contribution in [3.05, 3.63) is 64.1 Å². The Balaban J connectivity index is 2.36. The van der Waals surface area contributed by atoms with Gasteiger partial charge in [0, 0.05) is 0 Å². The number of anilines is 1. The summed E-state index contributed by atoms with van der Waals surface area (Å²) in [6.07, 6.45) is 0. The molecule has 2 aromatic carbocycles. The van der Waals surface area contributed by atoms with E-state index in [9.17, 15) is 10.0 Å². The zero-order valence-electron chi connectivity index (χ0n) is 9.18. The molecule has 0 bridgehead atoms. The van der Waals surface area contributed by atoms with E-state index in [2.05, 4.69) is 0 Å². The van der Waals surface area contributed by atoms with Gasteiger partial charge in [0.2, 0.25) is 0 Å². The van der Waals surface area contributed by atoms with E-state index in [1.807, 2.05) is 0 Å². The minimum absolute atomic E-state index is 0.210. The second kappa shape index (κ2) is 5.40. The van der Waals surface area contributed by atoms with E-state index in [1.54, 1.807) is 36.4 Å². The van der Waals surface area contributed by atoms with Crippen LogP contribution in [0.15, 0.2) is 48.5 Å². The molecule has 3 nitrogen and oxygen atoms in total. The van der Waals surface area contributed by atoms with E-state index in [-0.39, 0.29) is 21.3 Å². The molecule has 0 saturated heterocycles. The number of amides is 1. The molecule has 0 aromatic heterocycles. The van der Waals surface area contributed by atoms with Crippen molar-refractivity contribution in [1.82, 2.24) is 0 Å². The largest absolute Gasteiger partial charge is 0.283 e. The maximum absolute atomic E-state index is 12.1. The SMILES string of the molecule is O=C(c1ccccc1Cl)N(O)c1ccccc1Cl. The molecule has 0 unspecified atom stereocenters. The normalized spacial score (nSPS) is 10.2. The second-order valence-corrected chi connectivity index (χ2v) is 4.36. The van der Waals surface area contributed by atoms with Crippen LogP contribution < -0.4 is 5.06 Å².